The number of halogens is 1. The molecule has 0 aliphatic carbocycles. The molecule has 2 rings (SSSR count). The summed E-state index contributed by atoms with van der Waals surface area (Å²) >= 11 is 3.57. The van der Waals surface area contributed by atoms with Crippen LogP contribution < -0.4 is 10.1 Å². The number of hydrogen-bond acceptors (Lipinski definition) is 3. The maximum atomic E-state index is 5.96. The first-order valence-corrected chi connectivity index (χ1v) is 7.50. The summed E-state index contributed by atoms with van der Waals surface area (Å²) in [7, 11) is 1.93. The summed E-state index contributed by atoms with van der Waals surface area (Å²) in [4.78, 5) is 4.51. The van der Waals surface area contributed by atoms with Gasteiger partial charge in [-0.2, -0.15) is 0 Å². The second-order valence-corrected chi connectivity index (χ2v) is 5.49. The van der Waals surface area contributed by atoms with E-state index in [1.165, 1.54) is 5.56 Å². The molecule has 0 aliphatic heterocycles. The Morgan fingerprint density at radius 1 is 1.25 bits per heavy atom. The molecular formula is C16H19BrN2O. The van der Waals surface area contributed by atoms with Crippen molar-refractivity contribution in [2.45, 2.75) is 26.8 Å². The van der Waals surface area contributed by atoms with Crippen molar-refractivity contribution in [3.05, 3.63) is 51.8 Å². The van der Waals surface area contributed by atoms with Crippen LogP contribution in [-0.4, -0.2) is 12.0 Å². The predicted molar refractivity (Wildman–Crippen MR) is 85.3 cm³/mol. The van der Waals surface area contributed by atoms with E-state index in [0.29, 0.717) is 0 Å². The minimum Gasteiger partial charge on any atom is -0.455 e. The average molecular weight is 335 g/mol. The van der Waals surface area contributed by atoms with Crippen LogP contribution in [0.2, 0.25) is 0 Å². The van der Waals surface area contributed by atoms with Crippen molar-refractivity contribution in [3.63, 3.8) is 0 Å². The summed E-state index contributed by atoms with van der Waals surface area (Å²) in [5.74, 6) is 1.64. The van der Waals surface area contributed by atoms with E-state index in [4.69, 9.17) is 4.74 Å². The van der Waals surface area contributed by atoms with Gasteiger partial charge in [0.1, 0.15) is 11.5 Å². The number of rotatable bonds is 5. The largest absolute Gasteiger partial charge is 0.455 e. The monoisotopic (exact) mass is 334 g/mol. The highest BCUT2D eigenvalue weighted by Gasteiger charge is 2.07. The van der Waals surface area contributed by atoms with Crippen LogP contribution in [-0.2, 0) is 13.0 Å². The molecule has 0 bridgehead atoms. The highest BCUT2D eigenvalue weighted by Crippen LogP contribution is 2.29. The zero-order valence-corrected chi connectivity index (χ0v) is 13.6. The van der Waals surface area contributed by atoms with Crippen LogP contribution in [0.3, 0.4) is 0 Å². The molecule has 1 heterocycles. The highest BCUT2D eigenvalue weighted by atomic mass is 79.9. The van der Waals surface area contributed by atoms with E-state index in [9.17, 15) is 0 Å². The number of aromatic nitrogens is 1. The summed E-state index contributed by atoms with van der Waals surface area (Å²) in [6.07, 6.45) is 0.857. The minimum absolute atomic E-state index is 0.817. The predicted octanol–water partition coefficient (Wildman–Crippen LogP) is 4.23. The molecular weight excluding hydrogens is 316 g/mol. The number of benzene rings is 1. The molecule has 0 atom stereocenters. The van der Waals surface area contributed by atoms with E-state index in [0.717, 1.165) is 40.3 Å². The fraction of sp³-hybridized carbons (Fsp3) is 0.312. The van der Waals surface area contributed by atoms with Gasteiger partial charge in [-0.15, -0.1) is 0 Å². The normalized spacial score (nSPS) is 10.6. The molecule has 106 valence electrons. The second kappa shape index (κ2) is 6.86. The molecule has 1 N–H and O–H groups in total. The Bertz CT molecular complexity index is 599. The molecule has 0 aliphatic rings. The number of hydrogen-bond donors (Lipinski definition) is 1. The van der Waals surface area contributed by atoms with Crippen molar-refractivity contribution in [1.29, 1.82) is 0 Å². The van der Waals surface area contributed by atoms with Gasteiger partial charge in [-0.25, -0.2) is 0 Å². The lowest BCUT2D eigenvalue weighted by molar-refractivity contribution is 0.472. The van der Waals surface area contributed by atoms with E-state index in [2.05, 4.69) is 39.2 Å². The number of aryl methyl sites for hydroxylation is 2. The first-order chi connectivity index (χ1) is 9.63. The zero-order valence-electron chi connectivity index (χ0n) is 12.0. The molecule has 0 amide bonds. The highest BCUT2D eigenvalue weighted by molar-refractivity contribution is 9.10. The van der Waals surface area contributed by atoms with Gasteiger partial charge in [-0.05, 0) is 50.2 Å². The standard InChI is InChI=1S/C16H19BrN2O/c1-4-15-16(8-5-11(2)19-15)20-13-7-6-12(10-18-3)14(17)9-13/h5-9,18H,4,10H2,1-3H3. The van der Waals surface area contributed by atoms with Gasteiger partial charge in [0.05, 0.1) is 5.69 Å². The maximum absolute atomic E-state index is 5.96. The zero-order chi connectivity index (χ0) is 14.5. The first kappa shape index (κ1) is 15.0. The van der Waals surface area contributed by atoms with Gasteiger partial charge in [0.2, 0.25) is 0 Å². The molecule has 0 fully saturated rings. The fourth-order valence-electron chi connectivity index (χ4n) is 2.00. The van der Waals surface area contributed by atoms with Crippen LogP contribution in [0.5, 0.6) is 11.5 Å². The Hall–Kier alpha value is -1.39. The molecule has 0 spiro atoms. The number of nitrogens with one attached hydrogen (secondary N) is 1. The lowest BCUT2D eigenvalue weighted by Crippen LogP contribution is -2.05. The topological polar surface area (TPSA) is 34.1 Å². The molecule has 0 radical (unpaired) electrons. The van der Waals surface area contributed by atoms with E-state index < -0.39 is 0 Å². The van der Waals surface area contributed by atoms with E-state index >= 15 is 0 Å². The number of ether oxygens (including phenoxy) is 1. The van der Waals surface area contributed by atoms with Crippen molar-refractivity contribution in [1.82, 2.24) is 10.3 Å². The van der Waals surface area contributed by atoms with Gasteiger partial charge in [0.15, 0.2) is 0 Å². The summed E-state index contributed by atoms with van der Waals surface area (Å²) in [5, 5.41) is 3.14. The Labute approximate surface area is 128 Å². The summed E-state index contributed by atoms with van der Waals surface area (Å²) in [6, 6.07) is 9.99. The van der Waals surface area contributed by atoms with Crippen LogP contribution in [0.25, 0.3) is 0 Å². The van der Waals surface area contributed by atoms with E-state index in [1.54, 1.807) is 0 Å². The molecule has 3 nitrogen and oxygen atoms in total. The number of pyridine rings is 1. The molecule has 0 saturated heterocycles. The Kier molecular flexibility index (Phi) is 5.15. The van der Waals surface area contributed by atoms with Crippen LogP contribution in [0, 0.1) is 6.92 Å². The third kappa shape index (κ3) is 3.58. The third-order valence-corrected chi connectivity index (χ3v) is 3.76. The maximum Gasteiger partial charge on any atom is 0.148 e. The Morgan fingerprint density at radius 2 is 2.05 bits per heavy atom. The van der Waals surface area contributed by atoms with Crippen molar-refractivity contribution in [3.8, 4) is 11.5 Å². The SMILES string of the molecule is CCc1nc(C)ccc1Oc1ccc(CNC)c(Br)c1. The smallest absolute Gasteiger partial charge is 0.148 e. The second-order valence-electron chi connectivity index (χ2n) is 4.64. The summed E-state index contributed by atoms with van der Waals surface area (Å²) in [5.41, 5.74) is 3.21. The molecule has 1 aromatic heterocycles. The van der Waals surface area contributed by atoms with Gasteiger partial charge in [-0.1, -0.05) is 28.9 Å². The van der Waals surface area contributed by atoms with Gasteiger partial charge >= 0.3 is 0 Å². The van der Waals surface area contributed by atoms with E-state index in [1.807, 2.05) is 38.2 Å². The first-order valence-electron chi connectivity index (χ1n) is 6.71. The van der Waals surface area contributed by atoms with Gasteiger partial charge < -0.3 is 10.1 Å². The fourth-order valence-corrected chi connectivity index (χ4v) is 2.49. The Morgan fingerprint density at radius 3 is 2.70 bits per heavy atom. The quantitative estimate of drug-likeness (QED) is 0.888. The minimum atomic E-state index is 0.817. The van der Waals surface area contributed by atoms with Crippen molar-refractivity contribution in [2.24, 2.45) is 0 Å². The summed E-state index contributed by atoms with van der Waals surface area (Å²) < 4.78 is 7.00. The number of nitrogens with zero attached hydrogens (tertiary/aromatic N) is 1. The summed E-state index contributed by atoms with van der Waals surface area (Å²) in [6.45, 7) is 4.90. The van der Waals surface area contributed by atoms with E-state index in [-0.39, 0.29) is 0 Å². The van der Waals surface area contributed by atoms with Crippen LogP contribution in [0.1, 0.15) is 23.9 Å². The van der Waals surface area contributed by atoms with Crippen LogP contribution in [0.4, 0.5) is 0 Å². The van der Waals surface area contributed by atoms with Crippen molar-refractivity contribution >= 4 is 15.9 Å². The van der Waals surface area contributed by atoms with Gasteiger partial charge in [0, 0.05) is 16.7 Å². The molecule has 2 aromatic rings. The molecule has 20 heavy (non-hydrogen) atoms. The Balaban J connectivity index is 2.24. The van der Waals surface area contributed by atoms with Gasteiger partial charge in [-0.3, -0.25) is 4.98 Å². The van der Waals surface area contributed by atoms with Crippen LogP contribution >= 0.6 is 15.9 Å². The molecule has 0 saturated carbocycles. The third-order valence-electron chi connectivity index (χ3n) is 3.03. The molecule has 0 unspecified atom stereocenters. The van der Waals surface area contributed by atoms with Gasteiger partial charge in [0.25, 0.3) is 0 Å². The van der Waals surface area contributed by atoms with Crippen molar-refractivity contribution in [2.75, 3.05) is 7.05 Å². The lowest BCUT2D eigenvalue weighted by atomic mass is 10.2. The lowest BCUT2D eigenvalue weighted by Gasteiger charge is -2.11. The molecule has 1 aromatic carbocycles. The molecule has 4 heteroatoms. The van der Waals surface area contributed by atoms with Crippen LogP contribution in [0.15, 0.2) is 34.8 Å². The average Bonchev–Trinajstić information content (AvgIpc) is 2.44. The van der Waals surface area contributed by atoms with Crippen molar-refractivity contribution < 1.29 is 4.74 Å².